The number of ether oxygens (including phenoxy) is 4. The highest BCUT2D eigenvalue weighted by molar-refractivity contribution is 5.55. The molecule has 4 nitrogen and oxygen atoms in total. The number of methoxy groups -OCH3 is 1. The second-order valence-electron chi connectivity index (χ2n) is 7.17. The molecule has 1 aliphatic rings. The number of epoxide rings is 1. The standard InChI is InChI=1S/C22H34O4/c1-4-11-19-12-13-20(21(16-19)23-3)25-15-10-8-6-5-7-9-14-24-17-22(2)18-26-22/h4,11-13,16H,5-10,14-15,17-18H2,1-3H3. The number of unbranched alkanes of at least 4 members (excludes halogenated alkanes) is 5. The predicted octanol–water partition coefficient (Wildman–Crippen LogP) is 5.25. The van der Waals surface area contributed by atoms with E-state index in [0.717, 1.165) is 56.3 Å². The maximum atomic E-state index is 5.88. The van der Waals surface area contributed by atoms with Gasteiger partial charge in [0.25, 0.3) is 0 Å². The molecule has 0 aromatic heterocycles. The van der Waals surface area contributed by atoms with Gasteiger partial charge in [0.1, 0.15) is 5.60 Å². The van der Waals surface area contributed by atoms with Gasteiger partial charge in [0.2, 0.25) is 0 Å². The average molecular weight is 363 g/mol. The molecule has 0 radical (unpaired) electrons. The Bertz CT molecular complexity index is 549. The van der Waals surface area contributed by atoms with Gasteiger partial charge in [-0.25, -0.2) is 0 Å². The van der Waals surface area contributed by atoms with Crippen molar-refractivity contribution in [3.8, 4) is 11.5 Å². The Morgan fingerprint density at radius 1 is 1.04 bits per heavy atom. The first-order chi connectivity index (χ1) is 12.7. The summed E-state index contributed by atoms with van der Waals surface area (Å²) in [6.07, 6.45) is 11.2. The molecule has 26 heavy (non-hydrogen) atoms. The van der Waals surface area contributed by atoms with E-state index in [1.54, 1.807) is 7.11 Å². The Hall–Kier alpha value is -1.52. The Balaban J connectivity index is 1.47. The monoisotopic (exact) mass is 362 g/mol. The molecule has 1 aliphatic heterocycles. The van der Waals surface area contributed by atoms with Crippen molar-refractivity contribution >= 4 is 6.08 Å². The van der Waals surface area contributed by atoms with Crippen molar-refractivity contribution in [3.05, 3.63) is 29.8 Å². The van der Waals surface area contributed by atoms with Crippen molar-refractivity contribution in [1.29, 1.82) is 0 Å². The first-order valence-electron chi connectivity index (χ1n) is 9.82. The third-order valence-corrected chi connectivity index (χ3v) is 4.53. The fraction of sp³-hybridized carbons (Fsp3) is 0.636. The highest BCUT2D eigenvalue weighted by atomic mass is 16.6. The van der Waals surface area contributed by atoms with Gasteiger partial charge in [-0.3, -0.25) is 0 Å². The highest BCUT2D eigenvalue weighted by Crippen LogP contribution is 2.29. The molecule has 1 aromatic rings. The van der Waals surface area contributed by atoms with Crippen LogP contribution in [0.5, 0.6) is 11.5 Å². The predicted molar refractivity (Wildman–Crippen MR) is 106 cm³/mol. The van der Waals surface area contributed by atoms with Gasteiger partial charge >= 0.3 is 0 Å². The molecule has 1 heterocycles. The molecule has 2 rings (SSSR count). The quantitative estimate of drug-likeness (QED) is 0.335. The van der Waals surface area contributed by atoms with Crippen molar-refractivity contribution in [1.82, 2.24) is 0 Å². The Labute approximate surface area is 158 Å². The van der Waals surface area contributed by atoms with Crippen LogP contribution in [0.3, 0.4) is 0 Å². The zero-order valence-electron chi connectivity index (χ0n) is 16.6. The van der Waals surface area contributed by atoms with Gasteiger partial charge in [-0.05, 0) is 44.4 Å². The van der Waals surface area contributed by atoms with Crippen LogP contribution in [0, 0.1) is 0 Å². The lowest BCUT2D eigenvalue weighted by Crippen LogP contribution is -2.14. The lowest BCUT2D eigenvalue weighted by atomic mass is 10.1. The van der Waals surface area contributed by atoms with E-state index in [0.29, 0.717) is 0 Å². The molecule has 1 unspecified atom stereocenters. The fourth-order valence-corrected chi connectivity index (χ4v) is 2.79. The zero-order chi connectivity index (χ0) is 18.7. The van der Waals surface area contributed by atoms with Crippen LogP contribution >= 0.6 is 0 Å². The SMILES string of the molecule is CC=Cc1ccc(OCCCCCCCCOCC2(C)CO2)c(OC)c1. The number of hydrogen-bond donors (Lipinski definition) is 0. The minimum Gasteiger partial charge on any atom is -0.493 e. The molecule has 1 aromatic carbocycles. The van der Waals surface area contributed by atoms with E-state index >= 15 is 0 Å². The topological polar surface area (TPSA) is 40.2 Å². The smallest absolute Gasteiger partial charge is 0.161 e. The molecule has 146 valence electrons. The molecular formula is C22H34O4. The third-order valence-electron chi connectivity index (χ3n) is 4.53. The van der Waals surface area contributed by atoms with Crippen LogP contribution in [0.4, 0.5) is 0 Å². The molecule has 1 atom stereocenters. The van der Waals surface area contributed by atoms with Crippen LogP contribution in [-0.2, 0) is 9.47 Å². The molecule has 0 bridgehead atoms. The van der Waals surface area contributed by atoms with Crippen molar-refractivity contribution in [2.24, 2.45) is 0 Å². The van der Waals surface area contributed by atoms with Gasteiger partial charge in [0, 0.05) is 6.61 Å². The summed E-state index contributed by atoms with van der Waals surface area (Å²) in [4.78, 5) is 0. The summed E-state index contributed by atoms with van der Waals surface area (Å²) in [5.41, 5.74) is 1.15. The molecule has 0 saturated carbocycles. The molecule has 1 fully saturated rings. The fourth-order valence-electron chi connectivity index (χ4n) is 2.79. The Morgan fingerprint density at radius 2 is 1.73 bits per heavy atom. The number of hydrogen-bond acceptors (Lipinski definition) is 4. The zero-order valence-corrected chi connectivity index (χ0v) is 16.6. The van der Waals surface area contributed by atoms with Crippen molar-refractivity contribution in [2.45, 2.75) is 58.0 Å². The van der Waals surface area contributed by atoms with Crippen molar-refractivity contribution in [2.75, 3.05) is 33.5 Å². The van der Waals surface area contributed by atoms with Crippen molar-refractivity contribution < 1.29 is 18.9 Å². The van der Waals surface area contributed by atoms with Crippen molar-refractivity contribution in [3.63, 3.8) is 0 Å². The van der Waals surface area contributed by atoms with Gasteiger partial charge in [0.05, 0.1) is 26.9 Å². The Kier molecular flexibility index (Phi) is 8.99. The second kappa shape index (κ2) is 11.2. The summed E-state index contributed by atoms with van der Waals surface area (Å²) in [6.45, 7) is 7.28. The van der Waals surface area contributed by atoms with E-state index < -0.39 is 0 Å². The summed E-state index contributed by atoms with van der Waals surface area (Å²) in [5.74, 6) is 1.62. The minimum absolute atomic E-state index is 0.0235. The van der Waals surface area contributed by atoms with E-state index in [4.69, 9.17) is 18.9 Å². The van der Waals surface area contributed by atoms with Crippen LogP contribution in [0.25, 0.3) is 6.08 Å². The van der Waals surface area contributed by atoms with E-state index in [1.807, 2.05) is 25.1 Å². The molecule has 4 heteroatoms. The first-order valence-corrected chi connectivity index (χ1v) is 9.82. The Morgan fingerprint density at radius 3 is 2.38 bits per heavy atom. The normalized spacial score (nSPS) is 19.0. The maximum Gasteiger partial charge on any atom is 0.161 e. The van der Waals surface area contributed by atoms with Gasteiger partial charge in [-0.2, -0.15) is 0 Å². The van der Waals surface area contributed by atoms with E-state index in [2.05, 4.69) is 19.1 Å². The van der Waals surface area contributed by atoms with E-state index in [-0.39, 0.29) is 5.60 Å². The van der Waals surface area contributed by atoms with Crippen LogP contribution in [0.15, 0.2) is 24.3 Å². The van der Waals surface area contributed by atoms with Crippen LogP contribution in [0.2, 0.25) is 0 Å². The number of benzene rings is 1. The average Bonchev–Trinajstić information content (AvgIpc) is 3.38. The second-order valence-corrected chi connectivity index (χ2v) is 7.17. The number of rotatable bonds is 14. The van der Waals surface area contributed by atoms with E-state index in [1.165, 1.54) is 25.7 Å². The van der Waals surface area contributed by atoms with Gasteiger partial charge in [0.15, 0.2) is 11.5 Å². The molecular weight excluding hydrogens is 328 g/mol. The van der Waals surface area contributed by atoms with E-state index in [9.17, 15) is 0 Å². The van der Waals surface area contributed by atoms with Gasteiger partial charge < -0.3 is 18.9 Å². The summed E-state index contributed by atoms with van der Waals surface area (Å²) in [6, 6.07) is 6.05. The summed E-state index contributed by atoms with van der Waals surface area (Å²) in [7, 11) is 1.68. The lowest BCUT2D eigenvalue weighted by molar-refractivity contribution is 0.0825. The number of allylic oxidation sites excluding steroid dienone is 1. The van der Waals surface area contributed by atoms with Gasteiger partial charge in [-0.1, -0.05) is 43.9 Å². The molecule has 0 N–H and O–H groups in total. The summed E-state index contributed by atoms with van der Waals surface area (Å²) >= 11 is 0. The largest absolute Gasteiger partial charge is 0.493 e. The van der Waals surface area contributed by atoms with Gasteiger partial charge in [-0.15, -0.1) is 0 Å². The summed E-state index contributed by atoms with van der Waals surface area (Å²) in [5, 5.41) is 0. The highest BCUT2D eigenvalue weighted by Gasteiger charge is 2.39. The third kappa shape index (κ3) is 7.79. The maximum absolute atomic E-state index is 5.88. The van der Waals surface area contributed by atoms with Crippen LogP contribution in [-0.4, -0.2) is 39.1 Å². The minimum atomic E-state index is 0.0235. The van der Waals surface area contributed by atoms with Crippen LogP contribution in [0.1, 0.15) is 57.9 Å². The molecule has 0 spiro atoms. The molecule has 0 amide bonds. The molecule has 0 aliphatic carbocycles. The first kappa shape index (κ1) is 20.8. The molecule has 1 saturated heterocycles. The van der Waals surface area contributed by atoms with Crippen LogP contribution < -0.4 is 9.47 Å². The summed E-state index contributed by atoms with van der Waals surface area (Å²) < 4.78 is 22.2. The lowest BCUT2D eigenvalue weighted by Gasteiger charge is -2.11.